The van der Waals surface area contributed by atoms with Crippen LogP contribution in [-0.4, -0.2) is 11.7 Å². The molecular formula is C49H31N3O. The van der Waals surface area contributed by atoms with Gasteiger partial charge in [-0.05, 0) is 90.1 Å². The molecule has 1 aromatic heterocycles. The van der Waals surface area contributed by atoms with Crippen LogP contribution in [0.3, 0.4) is 0 Å². The topological polar surface area (TPSA) is 49.9 Å². The van der Waals surface area contributed by atoms with Gasteiger partial charge in [-0.2, -0.15) is 0 Å². The summed E-state index contributed by atoms with van der Waals surface area (Å²) in [5.74, 6) is 1.45. The fourth-order valence-corrected chi connectivity index (χ4v) is 8.05. The lowest BCUT2D eigenvalue weighted by atomic mass is 9.98. The molecule has 1 aliphatic rings. The van der Waals surface area contributed by atoms with E-state index in [2.05, 4.69) is 163 Å². The number of nitrogens with zero attached hydrogens (tertiary/aromatic N) is 2. The van der Waals surface area contributed by atoms with Gasteiger partial charge in [-0.15, -0.1) is 0 Å². The van der Waals surface area contributed by atoms with Crippen LogP contribution in [0.15, 0.2) is 190 Å². The molecule has 2 heterocycles. The number of furan rings is 1. The molecule has 0 spiro atoms. The summed E-state index contributed by atoms with van der Waals surface area (Å²) in [6.07, 6.45) is -0.373. The van der Waals surface area contributed by atoms with E-state index in [1.54, 1.807) is 0 Å². The summed E-state index contributed by atoms with van der Waals surface area (Å²) in [4.78, 5) is 10.7. The fraction of sp³-hybridized carbons (Fsp3) is 0.0204. The number of rotatable bonds is 4. The highest BCUT2D eigenvalue weighted by atomic mass is 16.3. The highest BCUT2D eigenvalue weighted by molar-refractivity contribution is 6.22. The first-order valence-electron chi connectivity index (χ1n) is 18.0. The van der Waals surface area contributed by atoms with Crippen LogP contribution in [0.4, 0.5) is 0 Å². The Hall–Kier alpha value is -7.04. The maximum Gasteiger partial charge on any atom is 0.160 e. The smallest absolute Gasteiger partial charge is 0.160 e. The zero-order valence-corrected chi connectivity index (χ0v) is 28.6. The molecule has 0 aliphatic carbocycles. The lowest BCUT2D eigenvalue weighted by Gasteiger charge is -2.24. The minimum atomic E-state index is -0.373. The molecule has 0 amide bonds. The molecule has 4 nitrogen and oxygen atoms in total. The molecule has 0 saturated carbocycles. The molecule has 10 aromatic rings. The maximum absolute atomic E-state index is 6.53. The fourth-order valence-electron chi connectivity index (χ4n) is 8.05. The van der Waals surface area contributed by atoms with Crippen molar-refractivity contribution in [1.29, 1.82) is 0 Å². The first kappa shape index (κ1) is 29.7. The molecule has 0 bridgehead atoms. The normalized spacial score (nSPS) is 14.6. The van der Waals surface area contributed by atoms with E-state index in [-0.39, 0.29) is 6.17 Å². The summed E-state index contributed by atoms with van der Waals surface area (Å²) in [5.41, 5.74) is 6.94. The Labute approximate surface area is 305 Å². The first-order valence-corrected chi connectivity index (χ1v) is 18.0. The van der Waals surface area contributed by atoms with Crippen LogP contribution >= 0.6 is 0 Å². The van der Waals surface area contributed by atoms with E-state index in [4.69, 9.17) is 14.4 Å². The molecule has 4 heteroatoms. The van der Waals surface area contributed by atoms with Crippen molar-refractivity contribution in [3.05, 3.63) is 193 Å². The van der Waals surface area contributed by atoms with Crippen molar-refractivity contribution in [3.8, 4) is 11.1 Å². The van der Waals surface area contributed by atoms with Gasteiger partial charge in [0.1, 0.15) is 23.2 Å². The Balaban J connectivity index is 1.11. The van der Waals surface area contributed by atoms with Crippen LogP contribution in [0.25, 0.3) is 76.2 Å². The number of benzene rings is 9. The van der Waals surface area contributed by atoms with Crippen LogP contribution in [-0.2, 0) is 0 Å². The Bertz CT molecular complexity index is 3150. The highest BCUT2D eigenvalue weighted by Gasteiger charge is 2.24. The lowest BCUT2D eigenvalue weighted by Crippen LogP contribution is -2.33. The number of amidine groups is 2. The summed E-state index contributed by atoms with van der Waals surface area (Å²) in [6, 6.07) is 62.3. The molecule has 1 unspecified atom stereocenters. The second-order valence-corrected chi connectivity index (χ2v) is 13.8. The van der Waals surface area contributed by atoms with Gasteiger partial charge in [0.15, 0.2) is 5.84 Å². The van der Waals surface area contributed by atoms with Gasteiger partial charge in [-0.25, -0.2) is 9.98 Å². The maximum atomic E-state index is 6.53. The summed E-state index contributed by atoms with van der Waals surface area (Å²) < 4.78 is 6.53. The van der Waals surface area contributed by atoms with Crippen molar-refractivity contribution in [2.45, 2.75) is 6.17 Å². The molecule has 248 valence electrons. The Morgan fingerprint density at radius 2 is 1.08 bits per heavy atom. The Morgan fingerprint density at radius 3 is 1.85 bits per heavy atom. The molecule has 1 N–H and O–H groups in total. The molecule has 0 saturated heterocycles. The summed E-state index contributed by atoms with van der Waals surface area (Å²) in [7, 11) is 0. The molecule has 11 rings (SSSR count). The van der Waals surface area contributed by atoms with Crippen molar-refractivity contribution in [1.82, 2.24) is 5.32 Å². The van der Waals surface area contributed by atoms with Crippen LogP contribution < -0.4 is 5.32 Å². The second-order valence-electron chi connectivity index (χ2n) is 13.8. The average Bonchev–Trinajstić information content (AvgIpc) is 3.61. The van der Waals surface area contributed by atoms with E-state index in [0.29, 0.717) is 5.84 Å². The molecular weight excluding hydrogens is 647 g/mol. The lowest BCUT2D eigenvalue weighted by molar-refractivity contribution is 0.668. The van der Waals surface area contributed by atoms with E-state index < -0.39 is 0 Å². The predicted octanol–water partition coefficient (Wildman–Crippen LogP) is 12.4. The summed E-state index contributed by atoms with van der Waals surface area (Å²) in [6.45, 7) is 0. The third-order valence-electron chi connectivity index (χ3n) is 10.7. The van der Waals surface area contributed by atoms with Crippen LogP contribution in [0.1, 0.15) is 22.9 Å². The number of fused-ring (bicyclic) bond motifs is 9. The van der Waals surface area contributed by atoms with E-state index in [1.807, 2.05) is 18.2 Å². The largest absolute Gasteiger partial charge is 0.456 e. The molecule has 53 heavy (non-hydrogen) atoms. The third-order valence-corrected chi connectivity index (χ3v) is 10.7. The van der Waals surface area contributed by atoms with Crippen molar-refractivity contribution < 1.29 is 4.42 Å². The van der Waals surface area contributed by atoms with Crippen LogP contribution in [0, 0.1) is 0 Å². The monoisotopic (exact) mass is 677 g/mol. The van der Waals surface area contributed by atoms with Gasteiger partial charge in [-0.3, -0.25) is 0 Å². The molecule has 1 atom stereocenters. The van der Waals surface area contributed by atoms with Gasteiger partial charge >= 0.3 is 0 Å². The van der Waals surface area contributed by atoms with Crippen LogP contribution in [0.2, 0.25) is 0 Å². The zero-order valence-electron chi connectivity index (χ0n) is 28.6. The average molecular weight is 678 g/mol. The predicted molar refractivity (Wildman–Crippen MR) is 221 cm³/mol. The van der Waals surface area contributed by atoms with Crippen molar-refractivity contribution in [2.75, 3.05) is 0 Å². The van der Waals surface area contributed by atoms with Gasteiger partial charge in [0, 0.05) is 21.9 Å². The SMILES string of the molecule is c1ccc(-c2ccc3c(c2)oc2cccc(C4=NC(c5ccc6ccc7ccccc7c6c5)NC(c5ccc6ccc7ccccc7c6c5)=N4)c23)cc1. The first-order chi connectivity index (χ1) is 26.2. The minimum absolute atomic E-state index is 0.373. The van der Waals surface area contributed by atoms with Gasteiger partial charge in [-0.1, -0.05) is 146 Å². The van der Waals surface area contributed by atoms with Crippen molar-refractivity contribution >= 4 is 76.7 Å². The van der Waals surface area contributed by atoms with E-state index in [0.717, 1.165) is 55.6 Å². The summed E-state index contributed by atoms with van der Waals surface area (Å²) >= 11 is 0. The zero-order chi connectivity index (χ0) is 34.9. The number of hydrogen-bond donors (Lipinski definition) is 1. The van der Waals surface area contributed by atoms with Gasteiger partial charge in [0.25, 0.3) is 0 Å². The van der Waals surface area contributed by atoms with Crippen molar-refractivity contribution in [2.24, 2.45) is 9.98 Å². The highest BCUT2D eigenvalue weighted by Crippen LogP contribution is 2.37. The molecule has 1 aliphatic heterocycles. The van der Waals surface area contributed by atoms with E-state index in [9.17, 15) is 0 Å². The van der Waals surface area contributed by atoms with Gasteiger partial charge in [0.2, 0.25) is 0 Å². The molecule has 0 fully saturated rings. The quantitative estimate of drug-likeness (QED) is 0.189. The summed E-state index contributed by atoms with van der Waals surface area (Å²) in [5, 5.41) is 15.5. The molecule has 0 radical (unpaired) electrons. The van der Waals surface area contributed by atoms with Crippen molar-refractivity contribution in [3.63, 3.8) is 0 Å². The Morgan fingerprint density at radius 1 is 0.434 bits per heavy atom. The Kier molecular flexibility index (Phi) is 6.58. The third kappa shape index (κ3) is 4.91. The molecule has 9 aromatic carbocycles. The van der Waals surface area contributed by atoms with Crippen LogP contribution in [0.5, 0.6) is 0 Å². The van der Waals surface area contributed by atoms with Gasteiger partial charge < -0.3 is 9.73 Å². The minimum Gasteiger partial charge on any atom is -0.456 e. The van der Waals surface area contributed by atoms with E-state index >= 15 is 0 Å². The van der Waals surface area contributed by atoms with Gasteiger partial charge in [0.05, 0.1) is 0 Å². The second kappa shape index (κ2) is 11.8. The van der Waals surface area contributed by atoms with E-state index in [1.165, 1.54) is 43.1 Å². The number of nitrogens with one attached hydrogen (secondary N) is 1. The number of hydrogen-bond acceptors (Lipinski definition) is 4. The standard InChI is InChI=1S/C49H31N3O/c1-2-9-30(10-3-1)35-25-26-40-45(29-35)53-44-16-8-15-41(46(40)44)49-51-47(36-23-21-33-19-17-31-11-4-6-13-38(31)42(33)27-36)50-48(52-49)37-24-22-34-20-18-32-12-5-7-14-39(32)43(34)28-37/h1-29,47H,(H,50,51,52). The number of aliphatic imine (C=N–C) groups is 2.